The molecule has 3 N–H and O–H groups in total. The molecular formula is C15H19N3OS. The second-order valence-corrected chi connectivity index (χ2v) is 6.49. The molecule has 1 atom stereocenters. The van der Waals surface area contributed by atoms with Crippen LogP contribution in [0.1, 0.15) is 25.3 Å². The van der Waals surface area contributed by atoms with Crippen molar-refractivity contribution in [2.45, 2.75) is 37.1 Å². The predicted octanol–water partition coefficient (Wildman–Crippen LogP) is 2.48. The molecule has 106 valence electrons. The fourth-order valence-corrected chi connectivity index (χ4v) is 2.89. The van der Waals surface area contributed by atoms with Crippen molar-refractivity contribution >= 4 is 23.4 Å². The van der Waals surface area contributed by atoms with Gasteiger partial charge in [0.1, 0.15) is 5.54 Å². The minimum atomic E-state index is -0.714. The van der Waals surface area contributed by atoms with E-state index in [1.807, 2.05) is 25.1 Å². The highest BCUT2D eigenvalue weighted by molar-refractivity contribution is 8.00. The lowest BCUT2D eigenvalue weighted by Gasteiger charge is -2.22. The lowest BCUT2D eigenvalue weighted by molar-refractivity contribution is -0.119. The van der Waals surface area contributed by atoms with Crippen LogP contribution in [-0.2, 0) is 4.79 Å². The number of carbonyl (C=O) groups excluding carboxylic acids is 1. The third-order valence-corrected chi connectivity index (χ3v) is 4.63. The van der Waals surface area contributed by atoms with Gasteiger partial charge in [0.05, 0.1) is 11.8 Å². The molecule has 20 heavy (non-hydrogen) atoms. The number of nitrogens with two attached hydrogens (primary N) is 1. The molecule has 0 spiro atoms. The van der Waals surface area contributed by atoms with Crippen molar-refractivity contribution in [2.75, 3.05) is 11.5 Å². The van der Waals surface area contributed by atoms with Crippen molar-refractivity contribution in [3.63, 3.8) is 0 Å². The zero-order chi connectivity index (χ0) is 14.8. The van der Waals surface area contributed by atoms with Gasteiger partial charge in [0.25, 0.3) is 0 Å². The molecule has 1 unspecified atom stereocenters. The Balaban J connectivity index is 1.89. The van der Waals surface area contributed by atoms with E-state index >= 15 is 0 Å². The minimum absolute atomic E-state index is 0.0968. The van der Waals surface area contributed by atoms with Crippen LogP contribution in [-0.4, -0.2) is 17.2 Å². The van der Waals surface area contributed by atoms with Gasteiger partial charge < -0.3 is 11.1 Å². The van der Waals surface area contributed by atoms with E-state index in [9.17, 15) is 10.1 Å². The van der Waals surface area contributed by atoms with Gasteiger partial charge in [0.2, 0.25) is 5.91 Å². The van der Waals surface area contributed by atoms with E-state index in [2.05, 4.69) is 11.4 Å². The number of anilines is 1. The molecule has 1 aromatic carbocycles. The molecule has 0 bridgehead atoms. The smallest absolute Gasteiger partial charge is 0.231 e. The molecule has 0 heterocycles. The number of hydrogen-bond acceptors (Lipinski definition) is 4. The van der Waals surface area contributed by atoms with Crippen molar-refractivity contribution in [1.29, 1.82) is 5.26 Å². The van der Waals surface area contributed by atoms with Crippen molar-refractivity contribution in [3.8, 4) is 6.07 Å². The van der Waals surface area contributed by atoms with Crippen LogP contribution in [0.3, 0.4) is 0 Å². The highest BCUT2D eigenvalue weighted by Crippen LogP contribution is 2.39. The normalized spacial score (nSPS) is 17.1. The zero-order valence-corrected chi connectivity index (χ0v) is 12.6. The number of amides is 1. The van der Waals surface area contributed by atoms with Crippen LogP contribution in [0.5, 0.6) is 0 Å². The second kappa shape index (κ2) is 5.76. The highest BCUT2D eigenvalue weighted by Gasteiger charge is 2.42. The molecule has 1 saturated carbocycles. The van der Waals surface area contributed by atoms with Crippen molar-refractivity contribution in [3.05, 3.63) is 23.8 Å². The maximum atomic E-state index is 12.0. The number of benzene rings is 1. The van der Waals surface area contributed by atoms with Crippen LogP contribution in [0, 0.1) is 24.2 Å². The molecule has 5 heteroatoms. The second-order valence-electron chi connectivity index (χ2n) is 5.44. The van der Waals surface area contributed by atoms with Crippen LogP contribution in [0.15, 0.2) is 23.1 Å². The monoisotopic (exact) mass is 289 g/mol. The molecule has 1 aliphatic rings. The van der Waals surface area contributed by atoms with E-state index in [4.69, 9.17) is 5.73 Å². The first-order valence-corrected chi connectivity index (χ1v) is 7.64. The zero-order valence-electron chi connectivity index (χ0n) is 11.8. The Hall–Kier alpha value is -1.67. The molecular weight excluding hydrogens is 270 g/mol. The van der Waals surface area contributed by atoms with E-state index in [1.54, 1.807) is 6.92 Å². The fourth-order valence-electron chi connectivity index (χ4n) is 2.09. The molecule has 1 amide bonds. The van der Waals surface area contributed by atoms with Crippen LogP contribution in [0.25, 0.3) is 0 Å². The van der Waals surface area contributed by atoms with Crippen LogP contribution in [0.4, 0.5) is 5.69 Å². The molecule has 0 aromatic heterocycles. The maximum Gasteiger partial charge on any atom is 0.231 e. The van der Waals surface area contributed by atoms with E-state index in [-0.39, 0.29) is 5.91 Å². The summed E-state index contributed by atoms with van der Waals surface area (Å²) in [6.07, 6.45) is 2.04. The summed E-state index contributed by atoms with van der Waals surface area (Å²) in [5.74, 6) is 0.522. The Morgan fingerprint density at radius 2 is 2.30 bits per heavy atom. The average Bonchev–Trinajstić information content (AvgIpc) is 3.25. The summed E-state index contributed by atoms with van der Waals surface area (Å²) < 4.78 is 0. The largest absolute Gasteiger partial charge is 0.399 e. The maximum absolute atomic E-state index is 12.0. The first-order chi connectivity index (χ1) is 9.44. The van der Waals surface area contributed by atoms with Gasteiger partial charge in [-0.05, 0) is 56.4 Å². The van der Waals surface area contributed by atoms with Crippen molar-refractivity contribution < 1.29 is 4.79 Å². The third-order valence-electron chi connectivity index (χ3n) is 3.64. The summed E-state index contributed by atoms with van der Waals surface area (Å²) in [6, 6.07) is 7.95. The van der Waals surface area contributed by atoms with E-state index in [0.717, 1.165) is 29.0 Å². The Labute approximate surface area is 123 Å². The van der Waals surface area contributed by atoms with Crippen molar-refractivity contribution in [2.24, 2.45) is 5.92 Å². The SMILES string of the molecule is Cc1cc(SCC(=O)NC(C)(C#N)C2CC2)ccc1N. The molecule has 1 aliphatic carbocycles. The number of rotatable bonds is 5. The molecule has 4 nitrogen and oxygen atoms in total. The average molecular weight is 289 g/mol. The standard InChI is InChI=1S/C15H19N3OS/c1-10-7-12(5-6-13(10)17)20-8-14(19)18-15(2,9-16)11-3-4-11/h5-7,11H,3-4,8,17H2,1-2H3,(H,18,19). The van der Waals surface area contributed by atoms with Gasteiger partial charge in [-0.1, -0.05) is 0 Å². The summed E-state index contributed by atoms with van der Waals surface area (Å²) in [7, 11) is 0. The number of aryl methyl sites for hydroxylation is 1. The number of nitrogens with zero attached hydrogens (tertiary/aromatic N) is 1. The topological polar surface area (TPSA) is 78.9 Å². The Morgan fingerprint density at radius 3 is 2.85 bits per heavy atom. The number of carbonyl (C=O) groups is 1. The number of nitrogens with one attached hydrogen (secondary N) is 1. The van der Waals surface area contributed by atoms with Gasteiger partial charge in [-0.2, -0.15) is 5.26 Å². The highest BCUT2D eigenvalue weighted by atomic mass is 32.2. The molecule has 0 radical (unpaired) electrons. The summed E-state index contributed by atoms with van der Waals surface area (Å²) in [5, 5.41) is 12.1. The summed E-state index contributed by atoms with van der Waals surface area (Å²) >= 11 is 1.46. The van der Waals surface area contributed by atoms with Gasteiger partial charge in [0, 0.05) is 10.6 Å². The Bertz CT molecular complexity index is 563. The van der Waals surface area contributed by atoms with Gasteiger partial charge in [-0.3, -0.25) is 4.79 Å². The number of nitriles is 1. The quantitative estimate of drug-likeness (QED) is 0.644. The Kier molecular flexibility index (Phi) is 4.24. The lowest BCUT2D eigenvalue weighted by atomic mass is 9.98. The first kappa shape index (κ1) is 14.7. The molecule has 1 aromatic rings. The van der Waals surface area contributed by atoms with Crippen LogP contribution in [0.2, 0.25) is 0 Å². The molecule has 0 aliphatic heterocycles. The molecule has 2 rings (SSSR count). The van der Waals surface area contributed by atoms with Gasteiger partial charge in [-0.25, -0.2) is 0 Å². The number of nitrogen functional groups attached to an aromatic ring is 1. The lowest BCUT2D eigenvalue weighted by Crippen LogP contribution is -2.47. The van der Waals surface area contributed by atoms with E-state index < -0.39 is 5.54 Å². The van der Waals surface area contributed by atoms with Gasteiger partial charge in [0.15, 0.2) is 0 Å². The molecule has 1 fully saturated rings. The fraction of sp³-hybridized carbons (Fsp3) is 0.467. The van der Waals surface area contributed by atoms with E-state index in [1.165, 1.54) is 11.8 Å². The van der Waals surface area contributed by atoms with Crippen LogP contribution < -0.4 is 11.1 Å². The molecule has 0 saturated heterocycles. The predicted molar refractivity (Wildman–Crippen MR) is 81.2 cm³/mol. The van der Waals surface area contributed by atoms with Gasteiger partial charge in [-0.15, -0.1) is 11.8 Å². The summed E-state index contributed by atoms with van der Waals surface area (Å²) in [5.41, 5.74) is 6.81. The summed E-state index contributed by atoms with van der Waals surface area (Å²) in [6.45, 7) is 3.75. The van der Waals surface area contributed by atoms with Gasteiger partial charge >= 0.3 is 0 Å². The van der Waals surface area contributed by atoms with E-state index in [0.29, 0.717) is 11.7 Å². The summed E-state index contributed by atoms with van der Waals surface area (Å²) in [4.78, 5) is 13.0. The van der Waals surface area contributed by atoms with Crippen molar-refractivity contribution in [1.82, 2.24) is 5.32 Å². The van der Waals surface area contributed by atoms with Crippen LogP contribution >= 0.6 is 11.8 Å². The number of thioether (sulfide) groups is 1. The third kappa shape index (κ3) is 3.45. The minimum Gasteiger partial charge on any atom is -0.399 e. The Morgan fingerprint density at radius 1 is 1.60 bits per heavy atom. The number of hydrogen-bond donors (Lipinski definition) is 2. The first-order valence-electron chi connectivity index (χ1n) is 6.66.